The van der Waals surface area contributed by atoms with E-state index in [2.05, 4.69) is 6.58 Å². The maximum absolute atomic E-state index is 13.2. The Balaban J connectivity index is 1.69. The van der Waals surface area contributed by atoms with Crippen LogP contribution in [0.1, 0.15) is 28.8 Å². The molecule has 0 aliphatic carbocycles. The van der Waals surface area contributed by atoms with Gasteiger partial charge in [-0.3, -0.25) is 15.0 Å². The summed E-state index contributed by atoms with van der Waals surface area (Å²) in [6, 6.07) is 3.97. The summed E-state index contributed by atoms with van der Waals surface area (Å²) >= 11 is 0. The number of hydrogen-bond acceptors (Lipinski definition) is 6. The maximum atomic E-state index is 13.2. The molecule has 10 nitrogen and oxygen atoms in total. The Morgan fingerprint density at radius 3 is 2.44 bits per heavy atom. The van der Waals surface area contributed by atoms with Crippen LogP contribution in [0.3, 0.4) is 0 Å². The molecule has 1 aromatic rings. The van der Waals surface area contributed by atoms with Gasteiger partial charge in [-0.05, 0) is 25.0 Å². The Bertz CT molecular complexity index is 1030. The van der Waals surface area contributed by atoms with Gasteiger partial charge in [0.25, 0.3) is 5.91 Å². The van der Waals surface area contributed by atoms with Crippen molar-refractivity contribution >= 4 is 23.7 Å². The number of hydrogen-bond donors (Lipinski definition) is 3. The van der Waals surface area contributed by atoms with Crippen molar-refractivity contribution in [3.8, 4) is 0 Å². The van der Waals surface area contributed by atoms with Crippen LogP contribution in [0.5, 0.6) is 0 Å². The van der Waals surface area contributed by atoms with Crippen molar-refractivity contribution in [1.82, 2.24) is 20.0 Å². The van der Waals surface area contributed by atoms with Crippen LogP contribution in [0.15, 0.2) is 36.5 Å². The Morgan fingerprint density at radius 2 is 1.83 bits per heavy atom. The summed E-state index contributed by atoms with van der Waals surface area (Å²) in [4.78, 5) is 41.8. The number of alkyl halides is 3. The van der Waals surface area contributed by atoms with Gasteiger partial charge >= 0.3 is 18.1 Å². The van der Waals surface area contributed by atoms with E-state index in [-0.39, 0.29) is 36.4 Å². The predicted octanol–water partition coefficient (Wildman–Crippen LogP) is 1.55. The van der Waals surface area contributed by atoms with Gasteiger partial charge in [0.05, 0.1) is 31.9 Å². The van der Waals surface area contributed by atoms with Crippen LogP contribution in [-0.4, -0.2) is 102 Å². The lowest BCUT2D eigenvalue weighted by Crippen LogP contribution is -2.57. The second kappa shape index (κ2) is 11.1. The van der Waals surface area contributed by atoms with Gasteiger partial charge in [-0.1, -0.05) is 18.7 Å². The summed E-state index contributed by atoms with van der Waals surface area (Å²) in [5, 5.41) is 18.7. The van der Waals surface area contributed by atoms with Crippen LogP contribution >= 0.6 is 0 Å². The van der Waals surface area contributed by atoms with Crippen molar-refractivity contribution < 1.29 is 37.4 Å². The van der Waals surface area contributed by atoms with E-state index in [1.54, 1.807) is 9.80 Å². The average molecular weight is 512 g/mol. The monoisotopic (exact) mass is 511 g/mol. The van der Waals surface area contributed by atoms with Gasteiger partial charge in [-0.2, -0.15) is 13.2 Å². The molecule has 3 rings (SSSR count). The first-order valence-corrected chi connectivity index (χ1v) is 11.3. The van der Waals surface area contributed by atoms with Crippen LogP contribution in [0.25, 0.3) is 0 Å². The van der Waals surface area contributed by atoms with E-state index in [1.807, 2.05) is 0 Å². The number of ether oxygens (including phenoxy) is 1. The Kier molecular flexibility index (Phi) is 8.35. The van der Waals surface area contributed by atoms with E-state index in [4.69, 9.17) is 10.1 Å². The van der Waals surface area contributed by atoms with Crippen molar-refractivity contribution in [1.29, 1.82) is 5.41 Å². The summed E-state index contributed by atoms with van der Waals surface area (Å²) in [7, 11) is 1.48. The van der Waals surface area contributed by atoms with Gasteiger partial charge in [-0.15, -0.1) is 0 Å². The number of nitrogens with one attached hydrogen (secondary N) is 2. The molecule has 1 aromatic carbocycles. The van der Waals surface area contributed by atoms with Gasteiger partial charge in [0, 0.05) is 37.0 Å². The minimum Gasteiger partial charge on any atom is -0.394 e. The number of aliphatic hydroxyl groups is 1. The molecule has 2 unspecified atom stereocenters. The number of likely N-dealkylation sites (N-methyl/N-ethyl adjacent to an activating group) is 1. The summed E-state index contributed by atoms with van der Waals surface area (Å²) in [6.45, 7) is 5.14. The Hall–Kier alpha value is -3.45. The molecule has 2 aliphatic rings. The quantitative estimate of drug-likeness (QED) is 0.409. The molecule has 2 atom stereocenters. The SMILES string of the molecule is C=C(C1COCCN1C(=O)N1CCCC1CO)N(C)C(=O)c1ccc(C(=N)NC(=O)C(F)(F)F)cc1. The van der Waals surface area contributed by atoms with Crippen LogP contribution in [0.4, 0.5) is 18.0 Å². The number of likely N-dealkylation sites (tertiary alicyclic amines) is 1. The summed E-state index contributed by atoms with van der Waals surface area (Å²) in [5.74, 6) is -3.52. The lowest BCUT2D eigenvalue weighted by molar-refractivity contribution is -0.171. The number of urea groups is 1. The number of nitrogens with zero attached hydrogens (tertiary/aromatic N) is 3. The molecule has 196 valence electrons. The molecular formula is C23H28F3N5O5. The highest BCUT2D eigenvalue weighted by Crippen LogP contribution is 2.24. The standard InChI is InChI=1S/C23H28F3N5O5/c1-14(18-13-36-11-10-31(18)22(35)30-9-3-4-17(30)12-32)29(2)20(33)16-7-5-15(6-8-16)19(27)28-21(34)23(24,25)26/h5-8,17-18,32H,1,3-4,9-13H2,2H3,(H2,27,28,34). The molecule has 2 saturated heterocycles. The largest absolute Gasteiger partial charge is 0.471 e. The third kappa shape index (κ3) is 5.85. The molecule has 0 radical (unpaired) electrons. The summed E-state index contributed by atoms with van der Waals surface area (Å²) < 4.78 is 42.7. The lowest BCUT2D eigenvalue weighted by Gasteiger charge is -2.41. The third-order valence-corrected chi connectivity index (χ3v) is 6.24. The summed E-state index contributed by atoms with van der Waals surface area (Å²) in [6.07, 6.45) is -3.63. The van der Waals surface area contributed by atoms with Crippen LogP contribution in [0.2, 0.25) is 0 Å². The number of morpholine rings is 1. The molecule has 2 aliphatic heterocycles. The zero-order chi connectivity index (χ0) is 26.6. The molecule has 2 fully saturated rings. The number of aliphatic hydroxyl groups excluding tert-OH is 1. The second-order valence-electron chi connectivity index (χ2n) is 8.50. The van der Waals surface area contributed by atoms with E-state index in [1.165, 1.54) is 41.5 Å². The molecule has 13 heteroatoms. The van der Waals surface area contributed by atoms with E-state index >= 15 is 0 Å². The fourth-order valence-corrected chi connectivity index (χ4v) is 4.13. The second-order valence-corrected chi connectivity index (χ2v) is 8.50. The van der Waals surface area contributed by atoms with Crippen LogP contribution in [0, 0.1) is 5.41 Å². The molecule has 2 heterocycles. The van der Waals surface area contributed by atoms with Gasteiger partial charge in [0.1, 0.15) is 5.84 Å². The maximum Gasteiger partial charge on any atom is 0.471 e. The minimum absolute atomic E-state index is 0.0212. The zero-order valence-electron chi connectivity index (χ0n) is 19.7. The van der Waals surface area contributed by atoms with Crippen LogP contribution < -0.4 is 5.32 Å². The number of carbonyl (C=O) groups is 3. The first-order valence-electron chi connectivity index (χ1n) is 11.3. The molecular weight excluding hydrogens is 483 g/mol. The van der Waals surface area contributed by atoms with E-state index in [9.17, 15) is 32.7 Å². The highest BCUT2D eigenvalue weighted by molar-refractivity contribution is 6.08. The van der Waals surface area contributed by atoms with Crippen molar-refractivity contribution in [2.24, 2.45) is 0 Å². The minimum atomic E-state index is -5.13. The smallest absolute Gasteiger partial charge is 0.394 e. The van der Waals surface area contributed by atoms with E-state index in [0.717, 1.165) is 6.42 Å². The van der Waals surface area contributed by atoms with Gasteiger partial charge in [0.15, 0.2) is 0 Å². The molecule has 0 spiro atoms. The topological polar surface area (TPSA) is 126 Å². The van der Waals surface area contributed by atoms with E-state index in [0.29, 0.717) is 31.8 Å². The number of amidine groups is 1. The molecule has 0 bridgehead atoms. The Morgan fingerprint density at radius 1 is 1.19 bits per heavy atom. The van der Waals surface area contributed by atoms with Crippen LogP contribution in [-0.2, 0) is 9.53 Å². The van der Waals surface area contributed by atoms with Crippen molar-refractivity contribution in [2.45, 2.75) is 31.1 Å². The third-order valence-electron chi connectivity index (χ3n) is 6.24. The molecule has 0 aromatic heterocycles. The first-order chi connectivity index (χ1) is 17.0. The lowest BCUT2D eigenvalue weighted by atomic mass is 10.1. The molecule has 3 N–H and O–H groups in total. The van der Waals surface area contributed by atoms with Crippen molar-refractivity contribution in [3.05, 3.63) is 47.7 Å². The molecule has 0 saturated carbocycles. The highest BCUT2D eigenvalue weighted by Gasteiger charge is 2.40. The zero-order valence-corrected chi connectivity index (χ0v) is 19.7. The fraction of sp³-hybridized carbons (Fsp3) is 0.478. The van der Waals surface area contributed by atoms with Crippen molar-refractivity contribution in [2.75, 3.05) is 40.0 Å². The Labute approximate surface area is 205 Å². The summed E-state index contributed by atoms with van der Waals surface area (Å²) in [5.41, 5.74) is 0.445. The number of carbonyl (C=O) groups excluding carboxylic acids is 3. The fourth-order valence-electron chi connectivity index (χ4n) is 4.13. The van der Waals surface area contributed by atoms with Gasteiger partial charge < -0.3 is 29.9 Å². The number of rotatable bonds is 5. The molecule has 4 amide bonds. The predicted molar refractivity (Wildman–Crippen MR) is 122 cm³/mol. The molecule has 36 heavy (non-hydrogen) atoms. The number of benzene rings is 1. The van der Waals surface area contributed by atoms with E-state index < -0.39 is 29.9 Å². The van der Waals surface area contributed by atoms with Gasteiger partial charge in [0.2, 0.25) is 0 Å². The number of halogens is 3. The normalized spacial score (nSPS) is 20.1. The van der Waals surface area contributed by atoms with Crippen molar-refractivity contribution in [3.63, 3.8) is 0 Å². The van der Waals surface area contributed by atoms with Gasteiger partial charge in [-0.25, -0.2) is 4.79 Å². The highest BCUT2D eigenvalue weighted by atomic mass is 19.4. The average Bonchev–Trinajstić information content (AvgIpc) is 3.35. The first kappa shape index (κ1) is 27.1. The number of amides is 4.